The topological polar surface area (TPSA) is 69.2 Å². The summed E-state index contributed by atoms with van der Waals surface area (Å²) in [6.07, 6.45) is -4.51. The van der Waals surface area contributed by atoms with Crippen LogP contribution in [0.15, 0.2) is 12.1 Å². The Kier molecular flexibility index (Phi) is 2.67. The number of hydrogen-bond acceptors (Lipinski definition) is 3. The predicted molar refractivity (Wildman–Crippen MR) is 54.4 cm³/mol. The van der Waals surface area contributed by atoms with E-state index in [4.69, 9.17) is 5.73 Å². The fourth-order valence-electron chi connectivity index (χ4n) is 1.95. The number of hydrogen-bond donors (Lipinski definition) is 1. The van der Waals surface area contributed by atoms with Crippen LogP contribution in [0.25, 0.3) is 0 Å². The van der Waals surface area contributed by atoms with Gasteiger partial charge in [0.2, 0.25) is 5.82 Å². The van der Waals surface area contributed by atoms with Crippen LogP contribution in [0.3, 0.4) is 0 Å². The normalized spacial score (nSPS) is 22.9. The lowest BCUT2D eigenvalue weighted by molar-refractivity contribution is -0.387. The van der Waals surface area contributed by atoms with E-state index in [9.17, 15) is 27.7 Å². The van der Waals surface area contributed by atoms with Gasteiger partial charge in [-0.3, -0.25) is 10.1 Å². The Morgan fingerprint density at radius 1 is 1.39 bits per heavy atom. The number of nitro benzene ring substituents is 1. The van der Waals surface area contributed by atoms with Crippen LogP contribution in [-0.2, 0) is 0 Å². The summed E-state index contributed by atoms with van der Waals surface area (Å²) in [7, 11) is 0. The van der Waals surface area contributed by atoms with Gasteiger partial charge in [-0.15, -0.1) is 0 Å². The van der Waals surface area contributed by atoms with Crippen LogP contribution < -0.4 is 5.73 Å². The van der Waals surface area contributed by atoms with Crippen LogP contribution in [0.2, 0.25) is 0 Å². The molecule has 0 radical (unpaired) electrons. The zero-order valence-corrected chi connectivity index (χ0v) is 8.87. The van der Waals surface area contributed by atoms with Crippen molar-refractivity contribution in [2.45, 2.75) is 18.5 Å². The average Bonchev–Trinajstić information content (AvgIpc) is 2.99. The summed E-state index contributed by atoms with van der Waals surface area (Å²) in [4.78, 5) is 9.46. The molecular formula is C10H8F4N2O2. The molecular weight excluding hydrogens is 256 g/mol. The van der Waals surface area contributed by atoms with Gasteiger partial charge < -0.3 is 5.73 Å². The van der Waals surface area contributed by atoms with Crippen molar-refractivity contribution < 1.29 is 22.5 Å². The molecule has 2 unspecified atom stereocenters. The fourth-order valence-corrected chi connectivity index (χ4v) is 1.95. The number of nitrogens with two attached hydrogens (primary N) is 1. The van der Waals surface area contributed by atoms with Gasteiger partial charge in [0.15, 0.2) is 0 Å². The minimum Gasteiger partial charge on any atom is -0.398 e. The van der Waals surface area contributed by atoms with Crippen molar-refractivity contribution in [1.29, 1.82) is 0 Å². The highest BCUT2D eigenvalue weighted by molar-refractivity contribution is 5.57. The Balaban J connectivity index is 2.32. The van der Waals surface area contributed by atoms with Crippen LogP contribution in [0, 0.1) is 21.8 Å². The molecule has 8 heteroatoms. The fraction of sp³-hybridized carbons (Fsp3) is 0.400. The molecule has 0 spiro atoms. The van der Waals surface area contributed by atoms with E-state index in [-0.39, 0.29) is 17.7 Å². The number of benzene rings is 1. The summed E-state index contributed by atoms with van der Waals surface area (Å²) >= 11 is 0. The summed E-state index contributed by atoms with van der Waals surface area (Å²) < 4.78 is 50.4. The van der Waals surface area contributed by atoms with E-state index in [1.165, 1.54) is 0 Å². The molecule has 2 atom stereocenters. The van der Waals surface area contributed by atoms with Crippen LogP contribution in [0.5, 0.6) is 0 Å². The van der Waals surface area contributed by atoms with Crippen molar-refractivity contribution in [2.24, 2.45) is 5.92 Å². The molecule has 1 aromatic rings. The van der Waals surface area contributed by atoms with Crippen molar-refractivity contribution in [2.75, 3.05) is 5.73 Å². The molecule has 0 saturated heterocycles. The molecule has 1 aliphatic carbocycles. The van der Waals surface area contributed by atoms with Gasteiger partial charge in [0.05, 0.1) is 10.8 Å². The van der Waals surface area contributed by atoms with Gasteiger partial charge in [-0.2, -0.15) is 17.6 Å². The molecule has 0 amide bonds. The molecule has 0 bridgehead atoms. The first-order valence-electron chi connectivity index (χ1n) is 5.02. The van der Waals surface area contributed by atoms with Crippen LogP contribution in [-0.4, -0.2) is 11.1 Å². The Morgan fingerprint density at radius 3 is 2.44 bits per heavy atom. The summed E-state index contributed by atoms with van der Waals surface area (Å²) in [5, 5.41) is 10.4. The van der Waals surface area contributed by atoms with E-state index < -0.39 is 34.4 Å². The van der Waals surface area contributed by atoms with E-state index in [0.717, 1.165) is 12.1 Å². The van der Waals surface area contributed by atoms with Gasteiger partial charge in [-0.1, -0.05) is 0 Å². The van der Waals surface area contributed by atoms with Gasteiger partial charge in [-0.25, -0.2) is 0 Å². The Bertz CT molecular complexity index is 515. The number of nitrogens with zero attached hydrogens (tertiary/aromatic N) is 1. The van der Waals surface area contributed by atoms with Crippen LogP contribution in [0.1, 0.15) is 17.9 Å². The van der Waals surface area contributed by atoms with Crippen molar-refractivity contribution in [1.82, 2.24) is 0 Å². The highest BCUT2D eigenvalue weighted by Crippen LogP contribution is 2.57. The quantitative estimate of drug-likeness (QED) is 0.386. The van der Waals surface area contributed by atoms with Crippen molar-refractivity contribution in [3.8, 4) is 0 Å². The van der Waals surface area contributed by atoms with Crippen LogP contribution >= 0.6 is 0 Å². The third kappa shape index (κ3) is 2.09. The van der Waals surface area contributed by atoms with E-state index in [2.05, 4.69) is 0 Å². The molecule has 2 N–H and O–H groups in total. The van der Waals surface area contributed by atoms with Gasteiger partial charge >= 0.3 is 11.9 Å². The minimum absolute atomic E-state index is 0.0135. The zero-order valence-electron chi connectivity index (χ0n) is 8.87. The third-order valence-corrected chi connectivity index (χ3v) is 2.96. The van der Waals surface area contributed by atoms with Crippen LogP contribution in [0.4, 0.5) is 28.9 Å². The molecule has 0 aliphatic heterocycles. The number of nitro groups is 1. The molecule has 0 heterocycles. The zero-order chi connectivity index (χ0) is 13.7. The number of anilines is 1. The van der Waals surface area contributed by atoms with E-state index in [1.807, 2.05) is 0 Å². The molecule has 1 aliphatic rings. The summed E-state index contributed by atoms with van der Waals surface area (Å²) in [5.41, 5.74) is 4.41. The maximum atomic E-state index is 13.3. The molecule has 18 heavy (non-hydrogen) atoms. The Hall–Kier alpha value is -1.86. The van der Waals surface area contributed by atoms with E-state index in [1.54, 1.807) is 0 Å². The lowest BCUT2D eigenvalue weighted by Gasteiger charge is -2.08. The number of alkyl halides is 3. The number of rotatable bonds is 2. The van der Waals surface area contributed by atoms with Gasteiger partial charge in [0, 0.05) is 11.8 Å². The van der Waals surface area contributed by atoms with Crippen molar-refractivity contribution in [3.05, 3.63) is 33.6 Å². The largest absolute Gasteiger partial charge is 0.398 e. The van der Waals surface area contributed by atoms with Gasteiger partial charge in [0.25, 0.3) is 0 Å². The van der Waals surface area contributed by atoms with Crippen molar-refractivity contribution in [3.63, 3.8) is 0 Å². The highest BCUT2D eigenvalue weighted by Gasteiger charge is 2.56. The molecule has 1 saturated carbocycles. The molecule has 98 valence electrons. The summed E-state index contributed by atoms with van der Waals surface area (Å²) in [6.45, 7) is 0. The highest BCUT2D eigenvalue weighted by atomic mass is 19.4. The van der Waals surface area contributed by atoms with Gasteiger partial charge in [-0.05, 0) is 24.0 Å². The molecule has 2 rings (SSSR count). The van der Waals surface area contributed by atoms with Crippen molar-refractivity contribution >= 4 is 11.4 Å². The summed E-state index contributed by atoms with van der Waals surface area (Å²) in [6, 6.07) is 1.49. The molecule has 0 aromatic heterocycles. The lowest BCUT2D eigenvalue weighted by Crippen LogP contribution is -2.12. The maximum absolute atomic E-state index is 13.3. The predicted octanol–water partition coefficient (Wildman–Crippen LogP) is 2.98. The lowest BCUT2D eigenvalue weighted by atomic mass is 10.1. The average molecular weight is 264 g/mol. The first kappa shape index (κ1) is 12.6. The van der Waals surface area contributed by atoms with E-state index >= 15 is 0 Å². The maximum Gasteiger partial charge on any atom is 0.392 e. The number of halogens is 4. The first-order chi connectivity index (χ1) is 8.21. The first-order valence-corrected chi connectivity index (χ1v) is 5.02. The smallest absolute Gasteiger partial charge is 0.392 e. The SMILES string of the molecule is Nc1cc([N+](=O)[O-])c(F)cc1C1CC1C(F)(F)F. The number of nitrogen functional groups attached to an aromatic ring is 1. The monoisotopic (exact) mass is 264 g/mol. The molecule has 1 aromatic carbocycles. The molecule has 4 nitrogen and oxygen atoms in total. The third-order valence-electron chi connectivity index (χ3n) is 2.96. The molecule has 1 fully saturated rings. The Morgan fingerprint density at radius 2 is 2.00 bits per heavy atom. The second kappa shape index (κ2) is 3.82. The Labute approximate surface area is 98.5 Å². The second-order valence-electron chi connectivity index (χ2n) is 4.18. The summed E-state index contributed by atoms with van der Waals surface area (Å²) in [5.74, 6) is -3.61. The second-order valence-corrected chi connectivity index (χ2v) is 4.18. The standard InChI is InChI=1S/C10H8F4N2O2/c11-7-2-5(4-1-6(4)10(12,13)14)8(15)3-9(7)16(17)18/h2-4,6H,1,15H2. The van der Waals surface area contributed by atoms with E-state index in [0.29, 0.717) is 0 Å². The van der Waals surface area contributed by atoms with Gasteiger partial charge in [0.1, 0.15) is 0 Å². The minimum atomic E-state index is -4.35.